The first-order valence-electron chi connectivity index (χ1n) is 5.63. The number of aliphatic hydroxyl groups is 1. The third-order valence-electron chi connectivity index (χ3n) is 2.56. The van der Waals surface area contributed by atoms with E-state index in [1.165, 1.54) is 11.1 Å². The van der Waals surface area contributed by atoms with Gasteiger partial charge in [0.25, 0.3) is 0 Å². The molecule has 3 N–H and O–H groups in total. The lowest BCUT2D eigenvalue weighted by molar-refractivity contribution is 0.0714. The Morgan fingerprint density at radius 1 is 1.12 bits per heavy atom. The maximum Gasteiger partial charge on any atom is 0.0719 e. The van der Waals surface area contributed by atoms with Gasteiger partial charge in [-0.1, -0.05) is 24.3 Å². The summed E-state index contributed by atoms with van der Waals surface area (Å²) in [7, 11) is 0. The van der Waals surface area contributed by atoms with E-state index in [0.717, 1.165) is 19.3 Å². The van der Waals surface area contributed by atoms with Crippen molar-refractivity contribution in [2.75, 3.05) is 6.61 Å². The molecule has 1 rings (SSSR count). The second-order valence-corrected chi connectivity index (χ2v) is 4.75. The van der Waals surface area contributed by atoms with Crippen LogP contribution in [0.4, 0.5) is 0 Å². The maximum atomic E-state index is 9.62. The van der Waals surface area contributed by atoms with Gasteiger partial charge in [0, 0.05) is 0 Å². The van der Waals surface area contributed by atoms with Gasteiger partial charge in [-0.25, -0.2) is 5.90 Å². The molecule has 0 aliphatic rings. The summed E-state index contributed by atoms with van der Waals surface area (Å²) in [4.78, 5) is 4.54. The van der Waals surface area contributed by atoms with E-state index < -0.39 is 5.60 Å². The van der Waals surface area contributed by atoms with Gasteiger partial charge < -0.3 is 9.94 Å². The SMILES string of the molecule is CC(C)(O)CCc1ccc(CCON)cc1. The van der Waals surface area contributed by atoms with Crippen LogP contribution < -0.4 is 5.90 Å². The summed E-state index contributed by atoms with van der Waals surface area (Å²) in [6.07, 6.45) is 2.51. The molecule has 0 atom stereocenters. The fraction of sp³-hybridized carbons (Fsp3) is 0.538. The second kappa shape index (κ2) is 5.99. The summed E-state index contributed by atoms with van der Waals surface area (Å²) < 4.78 is 0. The van der Waals surface area contributed by atoms with E-state index >= 15 is 0 Å². The third-order valence-corrected chi connectivity index (χ3v) is 2.56. The van der Waals surface area contributed by atoms with Gasteiger partial charge in [-0.3, -0.25) is 0 Å². The van der Waals surface area contributed by atoms with Crippen molar-refractivity contribution in [3.8, 4) is 0 Å². The molecule has 0 spiro atoms. The van der Waals surface area contributed by atoms with Crippen LogP contribution >= 0.6 is 0 Å². The molecular formula is C13H21NO2. The molecule has 16 heavy (non-hydrogen) atoms. The molecule has 3 nitrogen and oxygen atoms in total. The van der Waals surface area contributed by atoms with Crippen LogP contribution in [-0.2, 0) is 17.7 Å². The minimum Gasteiger partial charge on any atom is -0.390 e. The van der Waals surface area contributed by atoms with Gasteiger partial charge in [0.05, 0.1) is 12.2 Å². The standard InChI is InChI=1S/C13H21NO2/c1-13(2,15)9-7-11-3-5-12(6-4-11)8-10-16-14/h3-6,15H,7-10,14H2,1-2H3. The molecule has 0 heterocycles. The van der Waals surface area contributed by atoms with E-state index in [2.05, 4.69) is 29.1 Å². The van der Waals surface area contributed by atoms with Crippen molar-refractivity contribution in [3.63, 3.8) is 0 Å². The summed E-state index contributed by atoms with van der Waals surface area (Å²) in [5.41, 5.74) is 1.88. The summed E-state index contributed by atoms with van der Waals surface area (Å²) in [5, 5.41) is 9.62. The fourth-order valence-corrected chi connectivity index (χ4v) is 1.50. The molecule has 0 bridgehead atoms. The van der Waals surface area contributed by atoms with Gasteiger partial charge >= 0.3 is 0 Å². The summed E-state index contributed by atoms with van der Waals surface area (Å²) >= 11 is 0. The van der Waals surface area contributed by atoms with Gasteiger partial charge in [0.2, 0.25) is 0 Å². The smallest absolute Gasteiger partial charge is 0.0719 e. The lowest BCUT2D eigenvalue weighted by Gasteiger charge is -2.16. The molecule has 3 heteroatoms. The molecule has 0 unspecified atom stereocenters. The molecule has 0 amide bonds. The van der Waals surface area contributed by atoms with Gasteiger partial charge in [-0.15, -0.1) is 0 Å². The molecule has 0 aliphatic carbocycles. The Labute approximate surface area is 97.2 Å². The number of hydrogen-bond acceptors (Lipinski definition) is 3. The Morgan fingerprint density at radius 2 is 1.62 bits per heavy atom. The van der Waals surface area contributed by atoms with E-state index in [-0.39, 0.29) is 0 Å². The molecule has 0 saturated heterocycles. The van der Waals surface area contributed by atoms with Crippen molar-refractivity contribution in [1.82, 2.24) is 0 Å². The topological polar surface area (TPSA) is 55.5 Å². The summed E-state index contributed by atoms with van der Waals surface area (Å²) in [6, 6.07) is 8.35. The van der Waals surface area contributed by atoms with Gasteiger partial charge in [0.15, 0.2) is 0 Å². The summed E-state index contributed by atoms with van der Waals surface area (Å²) in [5.74, 6) is 4.97. The van der Waals surface area contributed by atoms with Crippen molar-refractivity contribution in [3.05, 3.63) is 35.4 Å². The Hall–Kier alpha value is -0.900. The zero-order valence-corrected chi connectivity index (χ0v) is 10.1. The molecule has 90 valence electrons. The van der Waals surface area contributed by atoms with E-state index in [0.29, 0.717) is 6.61 Å². The number of aryl methyl sites for hydroxylation is 1. The lowest BCUT2D eigenvalue weighted by atomic mass is 9.98. The van der Waals surface area contributed by atoms with Crippen LogP contribution in [0.5, 0.6) is 0 Å². The normalized spacial score (nSPS) is 11.8. The van der Waals surface area contributed by atoms with Crippen molar-refractivity contribution in [2.45, 2.75) is 38.7 Å². The van der Waals surface area contributed by atoms with Crippen LogP contribution in [0.2, 0.25) is 0 Å². The Kier molecular flexibility index (Phi) is 4.93. The van der Waals surface area contributed by atoms with Crippen LogP contribution in [0.25, 0.3) is 0 Å². The quantitative estimate of drug-likeness (QED) is 0.723. The van der Waals surface area contributed by atoms with Crippen LogP contribution in [0.1, 0.15) is 31.4 Å². The first-order valence-corrected chi connectivity index (χ1v) is 5.63. The third kappa shape index (κ3) is 5.26. The lowest BCUT2D eigenvalue weighted by Crippen LogP contribution is -2.19. The van der Waals surface area contributed by atoms with Gasteiger partial charge in [-0.2, -0.15) is 0 Å². The first-order chi connectivity index (χ1) is 7.51. The molecule has 0 aliphatic heterocycles. The van der Waals surface area contributed by atoms with Crippen molar-refractivity contribution >= 4 is 0 Å². The largest absolute Gasteiger partial charge is 0.390 e. The van der Waals surface area contributed by atoms with Crippen molar-refractivity contribution < 1.29 is 9.94 Å². The van der Waals surface area contributed by atoms with Crippen molar-refractivity contribution in [1.29, 1.82) is 0 Å². The maximum absolute atomic E-state index is 9.62. The highest BCUT2D eigenvalue weighted by atomic mass is 16.6. The van der Waals surface area contributed by atoms with Crippen LogP contribution in [-0.4, -0.2) is 17.3 Å². The molecule has 1 aromatic rings. The van der Waals surface area contributed by atoms with Gasteiger partial charge in [-0.05, 0) is 44.2 Å². The van der Waals surface area contributed by atoms with E-state index in [9.17, 15) is 5.11 Å². The minimum absolute atomic E-state index is 0.545. The molecule has 0 radical (unpaired) electrons. The van der Waals surface area contributed by atoms with E-state index in [1.54, 1.807) is 0 Å². The molecule has 0 saturated carbocycles. The van der Waals surface area contributed by atoms with Crippen LogP contribution in [0.15, 0.2) is 24.3 Å². The summed E-state index contributed by atoms with van der Waals surface area (Å²) in [6.45, 7) is 4.21. The predicted octanol–water partition coefficient (Wildman–Crippen LogP) is 1.82. The average molecular weight is 223 g/mol. The van der Waals surface area contributed by atoms with E-state index in [1.807, 2.05) is 13.8 Å². The average Bonchev–Trinajstić information content (AvgIpc) is 2.24. The van der Waals surface area contributed by atoms with Gasteiger partial charge in [0.1, 0.15) is 0 Å². The second-order valence-electron chi connectivity index (χ2n) is 4.75. The minimum atomic E-state index is -0.591. The predicted molar refractivity (Wildman–Crippen MR) is 64.9 cm³/mol. The highest BCUT2D eigenvalue weighted by Gasteiger charge is 2.11. The number of benzene rings is 1. The highest BCUT2D eigenvalue weighted by Crippen LogP contribution is 2.13. The van der Waals surface area contributed by atoms with Crippen LogP contribution in [0, 0.1) is 0 Å². The number of nitrogens with two attached hydrogens (primary N) is 1. The first kappa shape index (κ1) is 13.2. The molecule has 0 aromatic heterocycles. The molecule has 0 fully saturated rings. The van der Waals surface area contributed by atoms with E-state index in [4.69, 9.17) is 5.90 Å². The molecular weight excluding hydrogens is 202 g/mol. The fourth-order valence-electron chi connectivity index (χ4n) is 1.50. The number of hydrogen-bond donors (Lipinski definition) is 2. The monoisotopic (exact) mass is 223 g/mol. The Bertz CT molecular complexity index is 301. The zero-order valence-electron chi connectivity index (χ0n) is 10.1. The zero-order chi connectivity index (χ0) is 12.0. The van der Waals surface area contributed by atoms with Crippen molar-refractivity contribution in [2.24, 2.45) is 5.90 Å². The molecule has 1 aromatic carbocycles. The Balaban J connectivity index is 2.45. The number of rotatable bonds is 6. The van der Waals surface area contributed by atoms with Crippen LogP contribution in [0.3, 0.4) is 0 Å². The highest BCUT2D eigenvalue weighted by molar-refractivity contribution is 5.22. The Morgan fingerprint density at radius 3 is 2.06 bits per heavy atom.